The van der Waals surface area contributed by atoms with Gasteiger partial charge in [0, 0.05) is 0 Å². The number of hydrogen-bond acceptors (Lipinski definition) is 2. The van der Waals surface area contributed by atoms with Crippen LogP contribution in [-0.2, 0) is 8.85 Å². The molecule has 0 heterocycles. The van der Waals surface area contributed by atoms with Crippen LogP contribution in [0.25, 0.3) is 0 Å². The van der Waals surface area contributed by atoms with Gasteiger partial charge in [-0.1, -0.05) is 0 Å². The molecular formula is C29H50O2SeSi2. The van der Waals surface area contributed by atoms with Crippen LogP contribution in [0.1, 0.15) is 48.0 Å². The molecular weight excluding hydrogens is 515 g/mol. The van der Waals surface area contributed by atoms with Crippen molar-refractivity contribution in [2.75, 3.05) is 13.2 Å². The maximum atomic E-state index is 6.83. The fraction of sp³-hybridized carbons (Fsp3) is 0.655. The minimum atomic E-state index is -1.82. The molecule has 1 aromatic rings. The van der Waals surface area contributed by atoms with Gasteiger partial charge in [-0.15, -0.1) is 0 Å². The average Bonchev–Trinajstić information content (AvgIpc) is 3.06. The zero-order valence-corrected chi connectivity index (χ0v) is 27.2. The summed E-state index contributed by atoms with van der Waals surface area (Å²) in [5.41, 5.74) is 0. The third-order valence-corrected chi connectivity index (χ3v) is 19.4. The maximum absolute atomic E-state index is 6.83. The Bertz CT molecular complexity index is 806. The van der Waals surface area contributed by atoms with E-state index in [4.69, 9.17) is 8.85 Å². The molecule has 0 radical (unpaired) electrons. The van der Waals surface area contributed by atoms with Crippen LogP contribution in [0.2, 0.25) is 36.3 Å². The summed E-state index contributed by atoms with van der Waals surface area (Å²) in [6, 6.07) is 10.8. The Hall–Kier alpha value is -0.427. The Labute approximate surface area is 219 Å². The van der Waals surface area contributed by atoms with Gasteiger partial charge in [-0.05, 0) is 0 Å². The van der Waals surface area contributed by atoms with Crippen molar-refractivity contribution in [3.63, 3.8) is 0 Å². The first-order valence-corrected chi connectivity index (χ1v) is 20.5. The molecule has 4 atom stereocenters. The molecule has 0 spiro atoms. The molecule has 1 aliphatic carbocycles. The van der Waals surface area contributed by atoms with Crippen LogP contribution in [0, 0.1) is 23.7 Å². The van der Waals surface area contributed by atoms with Gasteiger partial charge in [0.15, 0.2) is 0 Å². The van der Waals surface area contributed by atoms with Crippen LogP contribution < -0.4 is 4.46 Å². The normalized spacial score (nSPS) is 24.6. The van der Waals surface area contributed by atoms with Crippen molar-refractivity contribution in [1.82, 2.24) is 0 Å². The van der Waals surface area contributed by atoms with Gasteiger partial charge in [0.25, 0.3) is 0 Å². The first kappa shape index (κ1) is 29.8. The van der Waals surface area contributed by atoms with Gasteiger partial charge in [0.2, 0.25) is 0 Å². The quantitative estimate of drug-likeness (QED) is 0.215. The van der Waals surface area contributed by atoms with E-state index in [1.54, 1.807) is 0 Å². The molecule has 1 aromatic carbocycles. The van der Waals surface area contributed by atoms with Crippen molar-refractivity contribution in [3.05, 3.63) is 54.0 Å². The third kappa shape index (κ3) is 7.78. The van der Waals surface area contributed by atoms with E-state index < -0.39 is 16.6 Å². The van der Waals surface area contributed by atoms with Crippen LogP contribution >= 0.6 is 0 Å². The first-order chi connectivity index (χ1) is 15.6. The van der Waals surface area contributed by atoms with E-state index in [2.05, 4.69) is 122 Å². The molecule has 0 bridgehead atoms. The van der Waals surface area contributed by atoms with Crippen LogP contribution in [0.4, 0.5) is 0 Å². The predicted molar refractivity (Wildman–Crippen MR) is 156 cm³/mol. The Morgan fingerprint density at radius 1 is 0.853 bits per heavy atom. The monoisotopic (exact) mass is 566 g/mol. The molecule has 0 aliphatic heterocycles. The fourth-order valence-electron chi connectivity index (χ4n) is 4.05. The van der Waals surface area contributed by atoms with Gasteiger partial charge in [0.05, 0.1) is 0 Å². The van der Waals surface area contributed by atoms with Crippen molar-refractivity contribution < 1.29 is 8.85 Å². The first-order valence-electron chi connectivity index (χ1n) is 12.9. The van der Waals surface area contributed by atoms with Gasteiger partial charge in [-0.3, -0.25) is 0 Å². The summed E-state index contributed by atoms with van der Waals surface area (Å²) < 4.78 is 15.0. The van der Waals surface area contributed by atoms with Crippen LogP contribution in [0.15, 0.2) is 54.0 Å². The number of benzene rings is 1. The molecule has 2 rings (SSSR count). The summed E-state index contributed by atoms with van der Waals surface area (Å²) in [4.78, 5) is 2.43. The Balaban J connectivity index is 2.24. The van der Waals surface area contributed by atoms with E-state index in [0.29, 0.717) is 38.6 Å². The molecule has 1 saturated carbocycles. The van der Waals surface area contributed by atoms with Crippen LogP contribution in [-0.4, -0.2) is 44.8 Å². The fourth-order valence-corrected chi connectivity index (χ4v) is 7.71. The van der Waals surface area contributed by atoms with E-state index in [0.717, 1.165) is 19.6 Å². The average molecular weight is 566 g/mol. The molecule has 5 heteroatoms. The summed E-state index contributed by atoms with van der Waals surface area (Å²) in [6.07, 6.45) is 5.84. The van der Waals surface area contributed by atoms with E-state index in [1.165, 1.54) is 4.46 Å². The second-order valence-electron chi connectivity index (χ2n) is 13.0. The topological polar surface area (TPSA) is 18.5 Å². The van der Waals surface area contributed by atoms with Gasteiger partial charge in [-0.25, -0.2) is 0 Å². The second kappa shape index (κ2) is 11.7. The number of rotatable bonds is 10. The zero-order valence-electron chi connectivity index (χ0n) is 23.5. The van der Waals surface area contributed by atoms with E-state index in [9.17, 15) is 0 Å². The Kier molecular flexibility index (Phi) is 10.3. The molecule has 0 saturated heterocycles. The summed E-state index contributed by atoms with van der Waals surface area (Å²) in [7, 11) is -3.62. The van der Waals surface area contributed by atoms with Gasteiger partial charge < -0.3 is 0 Å². The molecule has 4 unspecified atom stereocenters. The molecule has 0 N–H and O–H groups in total. The minimum absolute atomic E-state index is 0.221. The van der Waals surface area contributed by atoms with Crippen molar-refractivity contribution in [3.8, 4) is 0 Å². The molecule has 192 valence electrons. The summed E-state index contributed by atoms with van der Waals surface area (Å²) >= 11 is 0.367. The van der Waals surface area contributed by atoms with Crippen molar-refractivity contribution >= 4 is 36.1 Å². The van der Waals surface area contributed by atoms with Crippen LogP contribution in [0.5, 0.6) is 0 Å². The predicted octanol–water partition coefficient (Wildman–Crippen LogP) is 7.63. The zero-order chi connectivity index (χ0) is 25.8. The molecule has 1 aliphatic rings. The molecule has 0 amide bonds. The SMILES string of the molecule is C=CC1CC(/C=C\[Se]c2ccccc2)C(CO[Si](C)(C)C(C)(C)C)C1CO[Si](C)(C)C(C)(C)C. The molecule has 34 heavy (non-hydrogen) atoms. The van der Waals surface area contributed by atoms with Gasteiger partial charge in [-0.2, -0.15) is 0 Å². The van der Waals surface area contributed by atoms with E-state index in [-0.39, 0.29) is 10.1 Å². The van der Waals surface area contributed by atoms with E-state index >= 15 is 0 Å². The number of hydrogen-bond donors (Lipinski definition) is 0. The summed E-state index contributed by atoms with van der Waals surface area (Å²) in [5.74, 6) is 1.95. The Morgan fingerprint density at radius 2 is 1.32 bits per heavy atom. The van der Waals surface area contributed by atoms with Gasteiger partial charge >= 0.3 is 220 Å². The van der Waals surface area contributed by atoms with Crippen molar-refractivity contribution in [2.45, 2.75) is 84.2 Å². The van der Waals surface area contributed by atoms with E-state index in [1.807, 2.05) is 0 Å². The van der Waals surface area contributed by atoms with Gasteiger partial charge in [0.1, 0.15) is 0 Å². The summed E-state index contributed by atoms with van der Waals surface area (Å²) in [6.45, 7) is 29.3. The van der Waals surface area contributed by atoms with Crippen molar-refractivity contribution in [2.24, 2.45) is 23.7 Å². The molecule has 1 fully saturated rings. The second-order valence-corrected chi connectivity index (χ2v) is 24.7. The number of allylic oxidation sites excluding steroid dienone is 2. The Morgan fingerprint density at radius 3 is 1.76 bits per heavy atom. The van der Waals surface area contributed by atoms with Crippen molar-refractivity contribution in [1.29, 1.82) is 0 Å². The third-order valence-electron chi connectivity index (χ3n) is 8.66. The molecule has 2 nitrogen and oxygen atoms in total. The summed E-state index contributed by atoms with van der Waals surface area (Å²) in [5, 5.41) is 0.443. The van der Waals surface area contributed by atoms with Crippen LogP contribution in [0.3, 0.4) is 0 Å². The standard InChI is InChI=1S/C29H50O2SeSi2/c1-12-23-20-24(18-19-32-25-16-14-13-15-17-25)27(22-31-34(10,11)29(5,6)7)26(23)21-30-33(8,9)28(2,3)4/h12-19,23-24,26-27H,1,20-22H2,2-11H3/b19-18-. The molecule has 0 aromatic heterocycles.